The number of furan rings is 2. The Hall–Kier alpha value is -6.12. The Labute approximate surface area is 341 Å². The molecule has 4 aliphatic rings. The molecule has 8 heterocycles. The molecule has 18 nitrogen and oxygen atoms in total. The van der Waals surface area contributed by atoms with Gasteiger partial charge in [0.15, 0.2) is 5.76 Å². The van der Waals surface area contributed by atoms with Crippen LogP contribution >= 0.6 is 23.5 Å². The number of nitrogens with two attached hydrogens (primary N) is 1. The number of carbonyl (C=O) groups is 4. The fourth-order valence-electron chi connectivity index (χ4n) is 6.08. The van der Waals surface area contributed by atoms with Crippen molar-refractivity contribution in [2.24, 2.45) is 11.7 Å². The second-order valence-electron chi connectivity index (χ2n) is 13.2. The quantitative estimate of drug-likeness (QED) is 0.0884. The first-order valence-electron chi connectivity index (χ1n) is 18.2. The summed E-state index contributed by atoms with van der Waals surface area (Å²) in [4.78, 5) is 68.1. The average molecular weight is 828 g/mol. The zero-order valence-electron chi connectivity index (χ0n) is 31.4. The Morgan fingerprint density at radius 1 is 0.793 bits per heavy atom. The van der Waals surface area contributed by atoms with E-state index in [0.29, 0.717) is 62.7 Å². The number of nitrogens with zero attached hydrogens (tertiary/aromatic N) is 6. The molecule has 0 atom stereocenters. The van der Waals surface area contributed by atoms with Crippen LogP contribution in [0.4, 0.5) is 21.5 Å². The monoisotopic (exact) mass is 827 g/mol. The van der Waals surface area contributed by atoms with Gasteiger partial charge in [-0.05, 0) is 110 Å². The van der Waals surface area contributed by atoms with Crippen molar-refractivity contribution >= 4 is 81.5 Å². The van der Waals surface area contributed by atoms with E-state index in [2.05, 4.69) is 45.1 Å². The number of piperidine rings is 2. The van der Waals surface area contributed by atoms with Gasteiger partial charge in [0, 0.05) is 44.6 Å². The van der Waals surface area contributed by atoms with Crippen molar-refractivity contribution in [3.8, 4) is 0 Å². The van der Waals surface area contributed by atoms with E-state index in [1.54, 1.807) is 61.1 Å². The number of methoxy groups -OCH3 is 1. The van der Waals surface area contributed by atoms with E-state index in [0.717, 1.165) is 75.4 Å². The number of thioether (sulfide) groups is 2. The largest absolute Gasteiger partial charge is 0.479 e. The van der Waals surface area contributed by atoms with Crippen LogP contribution in [0.1, 0.15) is 55.0 Å². The predicted octanol–water partition coefficient (Wildman–Crippen LogP) is 5.05. The van der Waals surface area contributed by atoms with E-state index in [4.69, 9.17) is 25.4 Å². The van der Waals surface area contributed by atoms with Gasteiger partial charge < -0.3 is 34.5 Å². The average Bonchev–Trinajstić information content (AvgIpc) is 4.06. The lowest BCUT2D eigenvalue weighted by molar-refractivity contribution is -0.116. The van der Waals surface area contributed by atoms with Crippen molar-refractivity contribution in [3.05, 3.63) is 94.0 Å². The lowest BCUT2D eigenvalue weighted by Crippen LogP contribution is -2.40. The second-order valence-corrected chi connectivity index (χ2v) is 15.2. The standard InChI is InChI=1S/C19H19N5O3S.C13H15N5O2S.C6H7NO2/c20-14(15-2-1-9-27-15)10-12-4-7-24(8-5-12)18-21-6-3-13(22-18)11-16-17(25)23-19(26)28-16;14-8-2-5-18(6-3-8)12-15-4-1-9(16-12)7-10-11(19)17-13(20)21-10;1-8-6(7)5-3-2-4-9-5/h1-3,6,9,11-12,20H,4-5,7-8,10H2,(H,23,25,26);1,4,7-8H,2-3,5-6,14H2,(H,17,19,20);2-4,7H,1H3/b16-11-,20-14?;10-7-;. The summed E-state index contributed by atoms with van der Waals surface area (Å²) in [5, 5.41) is 19.0. The smallest absolute Gasteiger partial charge is 0.290 e. The minimum absolute atomic E-state index is 0.0556. The highest BCUT2D eigenvalue weighted by Crippen LogP contribution is 2.28. The van der Waals surface area contributed by atoms with Gasteiger partial charge in [-0.3, -0.25) is 35.2 Å². The maximum absolute atomic E-state index is 11.7. The van der Waals surface area contributed by atoms with Crippen LogP contribution in [-0.2, 0) is 14.3 Å². The topological polar surface area (TPSA) is 260 Å². The molecule has 4 fully saturated rings. The minimum atomic E-state index is -0.394. The van der Waals surface area contributed by atoms with Crippen molar-refractivity contribution in [3.63, 3.8) is 0 Å². The van der Waals surface area contributed by atoms with Crippen molar-refractivity contribution in [1.29, 1.82) is 10.8 Å². The van der Waals surface area contributed by atoms with Crippen molar-refractivity contribution in [2.75, 3.05) is 43.1 Å². The first kappa shape index (κ1) is 41.5. The van der Waals surface area contributed by atoms with Gasteiger partial charge in [0.05, 0.1) is 46.5 Å². The molecule has 302 valence electrons. The number of ether oxygens (including phenoxy) is 1. The van der Waals surface area contributed by atoms with Crippen LogP contribution in [0.3, 0.4) is 0 Å². The molecule has 8 rings (SSSR count). The van der Waals surface area contributed by atoms with Gasteiger partial charge in [0.2, 0.25) is 17.8 Å². The zero-order chi connectivity index (χ0) is 41.0. The highest BCUT2D eigenvalue weighted by Gasteiger charge is 2.27. The Balaban J connectivity index is 0.000000165. The number of nitrogens with one attached hydrogen (secondary N) is 4. The molecule has 4 aromatic rings. The first-order chi connectivity index (χ1) is 28.0. The maximum atomic E-state index is 11.7. The highest BCUT2D eigenvalue weighted by molar-refractivity contribution is 8.18. The summed E-state index contributed by atoms with van der Waals surface area (Å²) >= 11 is 1.76. The molecular weight excluding hydrogens is 787 g/mol. The molecule has 6 N–H and O–H groups in total. The third kappa shape index (κ3) is 11.5. The van der Waals surface area contributed by atoms with Crippen LogP contribution in [0.5, 0.6) is 0 Å². The zero-order valence-corrected chi connectivity index (χ0v) is 33.0. The summed E-state index contributed by atoms with van der Waals surface area (Å²) in [7, 11) is 1.44. The Bertz CT molecular complexity index is 2180. The first-order valence-corrected chi connectivity index (χ1v) is 19.9. The fourth-order valence-corrected chi connectivity index (χ4v) is 7.42. The molecular formula is C38H41N11O7S2. The van der Waals surface area contributed by atoms with Crippen LogP contribution in [-0.4, -0.2) is 93.2 Å². The summed E-state index contributed by atoms with van der Waals surface area (Å²) in [5.74, 6) is 2.05. The molecule has 20 heteroatoms. The SMILES string of the molecule is COC(=N)c1ccco1.N=C(CC1CCN(c2nccc(/C=C3\SC(=O)NC3=O)n2)CC1)c1ccco1.NC1CCN(c2nccc(/C=C3\SC(=O)NC3=O)n2)CC1. The van der Waals surface area contributed by atoms with E-state index in [-0.39, 0.29) is 28.3 Å². The number of rotatable bonds is 8. The molecule has 4 aromatic heterocycles. The lowest BCUT2D eigenvalue weighted by Gasteiger charge is -2.32. The van der Waals surface area contributed by atoms with E-state index in [1.165, 1.54) is 13.4 Å². The Kier molecular flexibility index (Phi) is 14.2. The van der Waals surface area contributed by atoms with Gasteiger partial charge in [-0.15, -0.1) is 0 Å². The normalized spacial score (nSPS) is 18.7. The molecule has 0 spiro atoms. The van der Waals surface area contributed by atoms with Gasteiger partial charge in [-0.1, -0.05) is 0 Å². The molecule has 0 unspecified atom stereocenters. The van der Waals surface area contributed by atoms with Crippen molar-refractivity contribution in [1.82, 2.24) is 30.6 Å². The van der Waals surface area contributed by atoms with E-state index in [9.17, 15) is 19.2 Å². The maximum Gasteiger partial charge on any atom is 0.290 e. The third-order valence-electron chi connectivity index (χ3n) is 9.15. The number of imide groups is 2. The van der Waals surface area contributed by atoms with Crippen molar-refractivity contribution < 1.29 is 32.7 Å². The van der Waals surface area contributed by atoms with Crippen LogP contribution in [0.2, 0.25) is 0 Å². The molecule has 4 aliphatic heterocycles. The summed E-state index contributed by atoms with van der Waals surface area (Å²) in [6, 6.07) is 10.7. The molecule has 4 saturated heterocycles. The van der Waals surface area contributed by atoms with Gasteiger partial charge >= 0.3 is 0 Å². The summed E-state index contributed by atoms with van der Waals surface area (Å²) in [5.41, 5.74) is 7.63. The summed E-state index contributed by atoms with van der Waals surface area (Å²) in [6.45, 7) is 3.28. The summed E-state index contributed by atoms with van der Waals surface area (Å²) in [6.07, 6.45) is 14.1. The third-order valence-corrected chi connectivity index (χ3v) is 10.8. The van der Waals surface area contributed by atoms with Gasteiger partial charge in [0.25, 0.3) is 22.3 Å². The molecule has 58 heavy (non-hydrogen) atoms. The van der Waals surface area contributed by atoms with Crippen LogP contribution in [0.25, 0.3) is 12.2 Å². The number of amides is 4. The van der Waals surface area contributed by atoms with Gasteiger partial charge in [-0.2, -0.15) is 0 Å². The number of hydrogen-bond donors (Lipinski definition) is 5. The van der Waals surface area contributed by atoms with Crippen LogP contribution in [0, 0.1) is 16.7 Å². The number of anilines is 2. The number of hydrogen-bond acceptors (Lipinski definition) is 18. The molecule has 0 saturated carbocycles. The van der Waals surface area contributed by atoms with Crippen molar-refractivity contribution in [2.45, 2.75) is 38.1 Å². The lowest BCUT2D eigenvalue weighted by atomic mass is 9.91. The molecule has 0 bridgehead atoms. The molecule has 0 aliphatic carbocycles. The molecule has 0 radical (unpaired) electrons. The predicted molar refractivity (Wildman–Crippen MR) is 219 cm³/mol. The van der Waals surface area contributed by atoms with E-state index >= 15 is 0 Å². The highest BCUT2D eigenvalue weighted by atomic mass is 32.2. The number of aromatic nitrogens is 4. The second kappa shape index (κ2) is 19.8. The van der Waals surface area contributed by atoms with E-state index < -0.39 is 5.91 Å². The molecule has 4 amide bonds. The van der Waals surface area contributed by atoms with Crippen LogP contribution < -0.4 is 26.2 Å². The number of carbonyl (C=O) groups excluding carboxylic acids is 4. The van der Waals surface area contributed by atoms with E-state index in [1.807, 2.05) is 6.07 Å². The van der Waals surface area contributed by atoms with Crippen LogP contribution in [0.15, 0.2) is 80.0 Å². The van der Waals surface area contributed by atoms with Gasteiger partial charge in [0.1, 0.15) is 5.76 Å². The Morgan fingerprint density at radius 3 is 1.71 bits per heavy atom. The Morgan fingerprint density at radius 2 is 1.28 bits per heavy atom. The molecule has 0 aromatic carbocycles. The minimum Gasteiger partial charge on any atom is -0.479 e. The fraction of sp³-hybridized carbons (Fsp3) is 0.316. The summed E-state index contributed by atoms with van der Waals surface area (Å²) < 4.78 is 14.7. The van der Waals surface area contributed by atoms with Gasteiger partial charge in [-0.25, -0.2) is 19.9 Å².